The predicted octanol–water partition coefficient (Wildman–Crippen LogP) is 0.888. The van der Waals surface area contributed by atoms with Crippen LogP contribution in [0.5, 0.6) is 0 Å². The highest BCUT2D eigenvalue weighted by Gasteiger charge is 2.24. The highest BCUT2D eigenvalue weighted by atomic mass is 32.2. The van der Waals surface area contributed by atoms with Crippen molar-refractivity contribution in [3.8, 4) is 0 Å². The van der Waals surface area contributed by atoms with E-state index < -0.39 is 10.0 Å². The van der Waals surface area contributed by atoms with Gasteiger partial charge in [-0.3, -0.25) is 0 Å². The number of sulfonamides is 1. The van der Waals surface area contributed by atoms with Gasteiger partial charge in [0.25, 0.3) is 0 Å². The van der Waals surface area contributed by atoms with Crippen molar-refractivity contribution in [1.29, 1.82) is 0 Å². The number of aryl methyl sites for hydroxylation is 2. The van der Waals surface area contributed by atoms with Gasteiger partial charge in [0.05, 0.1) is 30.8 Å². The van der Waals surface area contributed by atoms with Gasteiger partial charge < -0.3 is 15.2 Å². The number of hydrogen-bond acceptors (Lipinski definition) is 5. The van der Waals surface area contributed by atoms with Gasteiger partial charge in [-0.2, -0.15) is 0 Å². The third kappa shape index (κ3) is 3.55. The molecule has 1 unspecified atom stereocenters. The van der Waals surface area contributed by atoms with E-state index in [1.807, 2.05) is 6.92 Å². The summed E-state index contributed by atoms with van der Waals surface area (Å²) in [6, 6.07) is 1.79. The van der Waals surface area contributed by atoms with E-state index in [4.69, 9.17) is 15.2 Å². The van der Waals surface area contributed by atoms with Crippen LogP contribution in [0.3, 0.4) is 0 Å². The zero-order valence-electron chi connectivity index (χ0n) is 12.6. The summed E-state index contributed by atoms with van der Waals surface area (Å²) in [4.78, 5) is 0.252. The van der Waals surface area contributed by atoms with Crippen molar-refractivity contribution in [3.63, 3.8) is 0 Å². The van der Waals surface area contributed by atoms with Crippen LogP contribution in [0.2, 0.25) is 0 Å². The number of anilines is 1. The monoisotopic (exact) mass is 314 g/mol. The molecule has 6 nitrogen and oxygen atoms in total. The summed E-state index contributed by atoms with van der Waals surface area (Å²) >= 11 is 0. The Morgan fingerprint density at radius 1 is 1.29 bits per heavy atom. The molecule has 0 amide bonds. The largest absolute Gasteiger partial charge is 0.398 e. The van der Waals surface area contributed by atoms with Gasteiger partial charge in [0, 0.05) is 12.2 Å². The number of nitrogens with one attached hydrogen (secondary N) is 1. The van der Waals surface area contributed by atoms with Crippen molar-refractivity contribution in [2.24, 2.45) is 0 Å². The van der Waals surface area contributed by atoms with E-state index in [0.717, 1.165) is 5.56 Å². The van der Waals surface area contributed by atoms with E-state index in [1.165, 1.54) is 0 Å². The number of benzene rings is 1. The molecule has 21 heavy (non-hydrogen) atoms. The Balaban J connectivity index is 2.21. The number of ether oxygens (including phenoxy) is 2. The molecule has 1 saturated heterocycles. The Morgan fingerprint density at radius 2 is 2.00 bits per heavy atom. The molecule has 1 aliphatic heterocycles. The Labute approximate surface area is 125 Å². The minimum atomic E-state index is -3.63. The molecule has 7 heteroatoms. The Kier molecular flexibility index (Phi) is 4.88. The number of nitrogens with two attached hydrogens (primary N) is 1. The minimum Gasteiger partial charge on any atom is -0.398 e. The summed E-state index contributed by atoms with van der Waals surface area (Å²) in [5, 5.41) is 0. The molecule has 1 aromatic rings. The van der Waals surface area contributed by atoms with Crippen LogP contribution < -0.4 is 10.5 Å². The molecule has 1 heterocycles. The first-order chi connectivity index (χ1) is 9.83. The third-order valence-corrected chi connectivity index (χ3v) is 5.33. The van der Waals surface area contributed by atoms with Gasteiger partial charge in [-0.15, -0.1) is 0 Å². The van der Waals surface area contributed by atoms with E-state index in [9.17, 15) is 8.42 Å². The van der Waals surface area contributed by atoms with E-state index in [0.29, 0.717) is 36.6 Å². The van der Waals surface area contributed by atoms with Crippen molar-refractivity contribution in [2.75, 3.05) is 32.1 Å². The second kappa shape index (κ2) is 6.31. The molecule has 118 valence electrons. The number of hydrogen-bond donors (Lipinski definition) is 2. The summed E-state index contributed by atoms with van der Waals surface area (Å²) in [6.45, 7) is 6.99. The lowest BCUT2D eigenvalue weighted by molar-refractivity contribution is -0.0846. The van der Waals surface area contributed by atoms with E-state index >= 15 is 0 Å². The van der Waals surface area contributed by atoms with Crippen LogP contribution in [0.4, 0.5) is 5.69 Å². The van der Waals surface area contributed by atoms with Crippen LogP contribution in [-0.2, 0) is 19.5 Å². The van der Waals surface area contributed by atoms with Crippen LogP contribution in [0, 0.1) is 20.8 Å². The smallest absolute Gasteiger partial charge is 0.241 e. The van der Waals surface area contributed by atoms with Gasteiger partial charge >= 0.3 is 0 Å². The molecule has 0 spiro atoms. The van der Waals surface area contributed by atoms with Gasteiger partial charge in [0.2, 0.25) is 10.0 Å². The summed E-state index contributed by atoms with van der Waals surface area (Å²) in [6.07, 6.45) is -0.253. The van der Waals surface area contributed by atoms with Gasteiger partial charge in [-0.25, -0.2) is 13.1 Å². The zero-order valence-corrected chi connectivity index (χ0v) is 13.4. The maximum Gasteiger partial charge on any atom is 0.241 e. The van der Waals surface area contributed by atoms with Crippen molar-refractivity contribution in [3.05, 3.63) is 22.8 Å². The molecule has 1 aliphatic rings. The topological polar surface area (TPSA) is 90.7 Å². The molecule has 0 saturated carbocycles. The normalized spacial score (nSPS) is 19.7. The molecule has 0 aliphatic carbocycles. The van der Waals surface area contributed by atoms with Gasteiger partial charge in [0.15, 0.2) is 0 Å². The highest BCUT2D eigenvalue weighted by Crippen LogP contribution is 2.27. The second-order valence-corrected chi connectivity index (χ2v) is 7.00. The Bertz CT molecular complexity index is 622. The SMILES string of the molecule is Cc1cc(C)c(S(=O)(=O)NCC2COCCO2)c(C)c1N. The van der Waals surface area contributed by atoms with E-state index in [1.54, 1.807) is 19.9 Å². The molecule has 3 N–H and O–H groups in total. The maximum atomic E-state index is 12.5. The second-order valence-electron chi connectivity index (χ2n) is 5.30. The lowest BCUT2D eigenvalue weighted by atomic mass is 10.1. The summed E-state index contributed by atoms with van der Waals surface area (Å²) in [5.74, 6) is 0. The molecule has 1 fully saturated rings. The maximum absolute atomic E-state index is 12.5. The average molecular weight is 314 g/mol. The predicted molar refractivity (Wildman–Crippen MR) is 80.8 cm³/mol. The highest BCUT2D eigenvalue weighted by molar-refractivity contribution is 7.89. The molecular weight excluding hydrogens is 292 g/mol. The van der Waals surface area contributed by atoms with Crippen LogP contribution in [0.25, 0.3) is 0 Å². The molecule has 0 radical (unpaired) electrons. The van der Waals surface area contributed by atoms with E-state index in [-0.39, 0.29) is 17.5 Å². The van der Waals surface area contributed by atoms with Crippen molar-refractivity contribution < 1.29 is 17.9 Å². The lowest BCUT2D eigenvalue weighted by Gasteiger charge is -2.23. The fourth-order valence-corrected chi connectivity index (χ4v) is 4.07. The Hall–Kier alpha value is -1.15. The van der Waals surface area contributed by atoms with Crippen LogP contribution in [-0.4, -0.2) is 40.9 Å². The van der Waals surface area contributed by atoms with Crippen molar-refractivity contribution in [1.82, 2.24) is 4.72 Å². The first-order valence-corrected chi connectivity index (χ1v) is 8.36. The molecule has 0 bridgehead atoms. The van der Waals surface area contributed by atoms with Crippen molar-refractivity contribution in [2.45, 2.75) is 31.8 Å². The quantitative estimate of drug-likeness (QED) is 0.805. The lowest BCUT2D eigenvalue weighted by Crippen LogP contribution is -2.40. The fourth-order valence-electron chi connectivity index (χ4n) is 2.52. The Morgan fingerprint density at radius 3 is 2.62 bits per heavy atom. The van der Waals surface area contributed by atoms with Crippen LogP contribution in [0.1, 0.15) is 16.7 Å². The van der Waals surface area contributed by atoms with Crippen molar-refractivity contribution >= 4 is 15.7 Å². The van der Waals surface area contributed by atoms with Gasteiger partial charge in [0.1, 0.15) is 0 Å². The molecular formula is C14H22N2O4S. The van der Waals surface area contributed by atoms with E-state index in [2.05, 4.69) is 4.72 Å². The first kappa shape index (κ1) is 16.2. The average Bonchev–Trinajstić information content (AvgIpc) is 2.44. The molecule has 0 aromatic heterocycles. The minimum absolute atomic E-state index is 0.189. The van der Waals surface area contributed by atoms with Gasteiger partial charge in [-0.1, -0.05) is 6.07 Å². The fraction of sp³-hybridized carbons (Fsp3) is 0.571. The van der Waals surface area contributed by atoms with Gasteiger partial charge in [-0.05, 0) is 37.5 Å². The van der Waals surface area contributed by atoms with Crippen LogP contribution in [0.15, 0.2) is 11.0 Å². The standard InChI is InChI=1S/C14H22N2O4S/c1-9-6-10(2)14(11(3)13(9)15)21(17,18)16-7-12-8-19-4-5-20-12/h6,12,16H,4-5,7-8,15H2,1-3H3. The zero-order chi connectivity index (χ0) is 15.6. The molecule has 1 atom stereocenters. The summed E-state index contributed by atoms with van der Waals surface area (Å²) in [5.41, 5.74) is 8.62. The third-order valence-electron chi connectivity index (χ3n) is 3.62. The molecule has 2 rings (SSSR count). The summed E-state index contributed by atoms with van der Waals surface area (Å²) in [7, 11) is -3.63. The number of nitrogen functional groups attached to an aromatic ring is 1. The summed E-state index contributed by atoms with van der Waals surface area (Å²) < 4.78 is 38.3. The van der Waals surface area contributed by atoms with Crippen LogP contribution >= 0.6 is 0 Å². The molecule has 1 aromatic carbocycles. The first-order valence-electron chi connectivity index (χ1n) is 6.88. The number of rotatable bonds is 4.